The standard InChI is InChI=1S/C39H43N11O3/c1-3-31-36-27(21-40-50(36)25-16-19-49(22-25)33-11-7-10-29(43-33)39(53)48-17-4-5-18-48)26-8-6-9-28(35(26)47(31)2)42-30-20-32(44-37(51)23-12-13-23)45-46-34(30)38(52)41-24-14-15-24/h3,6-11,20-21,23-25H,4-5,12-19,22H2,1-2H3,(H,41,52)(H2,42,44,45,51)/b31-3-/t25-/m0/s1. The van der Waals surface area contributed by atoms with Crippen molar-refractivity contribution in [3.63, 3.8) is 0 Å². The molecule has 3 N–H and O–H groups in total. The molecule has 4 aromatic rings. The van der Waals surface area contributed by atoms with Crippen LogP contribution in [0.5, 0.6) is 0 Å². The van der Waals surface area contributed by atoms with Gasteiger partial charge in [0.05, 0.1) is 40.7 Å². The zero-order valence-corrected chi connectivity index (χ0v) is 30.0. The van der Waals surface area contributed by atoms with E-state index in [0.29, 0.717) is 17.2 Å². The minimum absolute atomic E-state index is 0.000631. The molecular formula is C39H43N11O3. The number of likely N-dealkylation sites (tertiary alicyclic amines) is 1. The summed E-state index contributed by atoms with van der Waals surface area (Å²) in [5, 5.41) is 22.9. The zero-order chi connectivity index (χ0) is 36.2. The highest BCUT2D eigenvalue weighted by Gasteiger charge is 2.36. The van der Waals surface area contributed by atoms with E-state index in [1.165, 1.54) is 0 Å². The van der Waals surface area contributed by atoms with E-state index in [1.807, 2.05) is 55.4 Å². The van der Waals surface area contributed by atoms with Crippen molar-refractivity contribution >= 4 is 52.1 Å². The number of fused-ring (bicyclic) bond motifs is 3. The van der Waals surface area contributed by atoms with E-state index in [9.17, 15) is 14.4 Å². The Kier molecular flexibility index (Phi) is 8.31. The van der Waals surface area contributed by atoms with Gasteiger partial charge in [0.2, 0.25) is 5.91 Å². The topological polar surface area (TPSA) is 154 Å². The third-order valence-electron chi connectivity index (χ3n) is 10.9. The number of hydrogen-bond acceptors (Lipinski definition) is 10. The normalized spacial score (nSPS) is 20.0. The number of anilines is 5. The Hall–Kier alpha value is -5.79. The second kappa shape index (κ2) is 13.3. The molecule has 2 saturated heterocycles. The van der Waals surface area contributed by atoms with E-state index in [4.69, 9.17) is 10.1 Å². The molecule has 2 aliphatic carbocycles. The lowest BCUT2D eigenvalue weighted by molar-refractivity contribution is -0.117. The molecule has 0 spiro atoms. The van der Waals surface area contributed by atoms with E-state index < -0.39 is 0 Å². The summed E-state index contributed by atoms with van der Waals surface area (Å²) in [5.74, 6) is 0.739. The number of amides is 3. The number of rotatable bonds is 9. The van der Waals surface area contributed by atoms with Crippen molar-refractivity contribution in [2.75, 3.05) is 53.7 Å². The lowest BCUT2D eigenvalue weighted by Crippen LogP contribution is -2.29. The Morgan fingerprint density at radius 3 is 2.49 bits per heavy atom. The first-order valence-corrected chi connectivity index (χ1v) is 18.8. The molecule has 3 amide bonds. The van der Waals surface area contributed by atoms with Crippen molar-refractivity contribution in [2.45, 2.75) is 64.0 Å². The Morgan fingerprint density at radius 2 is 1.72 bits per heavy atom. The molecule has 1 aromatic carbocycles. The lowest BCUT2D eigenvalue weighted by atomic mass is 9.95. The highest BCUT2D eigenvalue weighted by atomic mass is 16.2. The monoisotopic (exact) mass is 713 g/mol. The predicted octanol–water partition coefficient (Wildman–Crippen LogP) is 5.22. The minimum Gasteiger partial charge on any atom is -0.354 e. The second-order valence-corrected chi connectivity index (χ2v) is 14.7. The molecule has 6 heterocycles. The van der Waals surface area contributed by atoms with E-state index in [2.05, 4.69) is 52.8 Å². The summed E-state index contributed by atoms with van der Waals surface area (Å²) in [7, 11) is 2.04. The molecule has 272 valence electrons. The summed E-state index contributed by atoms with van der Waals surface area (Å²) >= 11 is 0. The summed E-state index contributed by atoms with van der Waals surface area (Å²) in [4.78, 5) is 50.1. The maximum Gasteiger partial charge on any atom is 0.274 e. The van der Waals surface area contributed by atoms with Crippen molar-refractivity contribution in [2.24, 2.45) is 5.92 Å². The molecule has 0 unspecified atom stereocenters. The number of carbonyl (C=O) groups is 3. The van der Waals surface area contributed by atoms with E-state index >= 15 is 0 Å². The van der Waals surface area contributed by atoms with Crippen molar-refractivity contribution in [1.29, 1.82) is 0 Å². The van der Waals surface area contributed by atoms with E-state index in [1.54, 1.807) is 6.07 Å². The van der Waals surface area contributed by atoms with Crippen LogP contribution in [0, 0.1) is 5.92 Å². The van der Waals surface area contributed by atoms with Gasteiger partial charge in [-0.05, 0) is 70.1 Å². The average molecular weight is 714 g/mol. The summed E-state index contributed by atoms with van der Waals surface area (Å²) in [6, 6.07) is 13.7. The van der Waals surface area contributed by atoms with Crippen LogP contribution in [0.1, 0.15) is 84.6 Å². The van der Waals surface area contributed by atoms with Crippen LogP contribution in [0.4, 0.5) is 28.7 Å². The fraction of sp³-hybridized carbons (Fsp3) is 0.410. The van der Waals surface area contributed by atoms with E-state index in [-0.39, 0.29) is 41.4 Å². The first-order valence-electron chi connectivity index (χ1n) is 18.8. The quantitative estimate of drug-likeness (QED) is 0.211. The van der Waals surface area contributed by atoms with Crippen LogP contribution in [0.3, 0.4) is 0 Å². The van der Waals surface area contributed by atoms with Gasteiger partial charge < -0.3 is 30.7 Å². The van der Waals surface area contributed by atoms with Crippen LogP contribution >= 0.6 is 0 Å². The first kappa shape index (κ1) is 33.1. The molecule has 3 aromatic heterocycles. The van der Waals surface area contributed by atoms with Gasteiger partial charge >= 0.3 is 0 Å². The fourth-order valence-corrected chi connectivity index (χ4v) is 7.79. The molecular weight excluding hydrogens is 671 g/mol. The summed E-state index contributed by atoms with van der Waals surface area (Å²) in [5.41, 5.74) is 6.90. The van der Waals surface area contributed by atoms with Gasteiger partial charge in [0.25, 0.3) is 11.8 Å². The highest BCUT2D eigenvalue weighted by Crippen LogP contribution is 2.49. The summed E-state index contributed by atoms with van der Waals surface area (Å²) in [6.45, 7) is 5.15. The molecule has 0 bridgehead atoms. The SMILES string of the molecule is C/C=C1/c2c(cnn2[C@H]2CCN(c3cccc(C(=O)N4CCCC4)n3)C2)-c2cccc(Nc3cc(NC(=O)C4CC4)nnc3C(=O)NC3CC3)c2N1C. The van der Waals surface area contributed by atoms with Gasteiger partial charge in [0.15, 0.2) is 11.5 Å². The molecule has 53 heavy (non-hydrogen) atoms. The van der Waals surface area contributed by atoms with Gasteiger partial charge in [-0.1, -0.05) is 24.3 Å². The Labute approximate surface area is 307 Å². The maximum atomic E-state index is 13.3. The molecule has 3 aliphatic heterocycles. The van der Waals surface area contributed by atoms with Crippen LogP contribution in [-0.2, 0) is 4.79 Å². The van der Waals surface area contributed by atoms with Gasteiger partial charge in [-0.25, -0.2) is 4.98 Å². The number of pyridine rings is 1. The largest absolute Gasteiger partial charge is 0.354 e. The molecule has 2 saturated carbocycles. The van der Waals surface area contributed by atoms with Gasteiger partial charge in [-0.15, -0.1) is 10.2 Å². The van der Waals surface area contributed by atoms with Gasteiger partial charge in [-0.3, -0.25) is 19.1 Å². The van der Waals surface area contributed by atoms with Crippen LogP contribution in [0.15, 0.2) is 54.7 Å². The summed E-state index contributed by atoms with van der Waals surface area (Å²) < 4.78 is 2.14. The molecule has 4 fully saturated rings. The zero-order valence-electron chi connectivity index (χ0n) is 30.0. The second-order valence-electron chi connectivity index (χ2n) is 14.7. The van der Waals surface area contributed by atoms with Crippen LogP contribution in [0.25, 0.3) is 16.8 Å². The van der Waals surface area contributed by atoms with Crippen LogP contribution in [0.2, 0.25) is 0 Å². The molecule has 14 heteroatoms. The molecule has 1 atom stereocenters. The lowest BCUT2D eigenvalue weighted by Gasteiger charge is -2.33. The van der Waals surface area contributed by atoms with Gasteiger partial charge in [0.1, 0.15) is 11.5 Å². The number of hydrogen-bond donors (Lipinski definition) is 3. The van der Waals surface area contributed by atoms with Crippen molar-refractivity contribution in [3.8, 4) is 11.1 Å². The van der Waals surface area contributed by atoms with Crippen molar-refractivity contribution < 1.29 is 14.4 Å². The number of para-hydroxylation sites is 1. The number of allylic oxidation sites excluding steroid dienone is 1. The maximum absolute atomic E-state index is 13.3. The Bertz CT molecular complexity index is 2150. The van der Waals surface area contributed by atoms with Crippen LogP contribution < -0.4 is 25.8 Å². The van der Waals surface area contributed by atoms with Crippen molar-refractivity contribution in [1.82, 2.24) is 35.2 Å². The van der Waals surface area contributed by atoms with Gasteiger partial charge in [0, 0.05) is 62.4 Å². The average Bonchev–Trinajstić information content (AvgIpc) is 4.01. The number of benzene rings is 1. The minimum atomic E-state index is -0.302. The number of carbonyl (C=O) groups excluding carboxylic acids is 3. The molecule has 9 rings (SSSR count). The van der Waals surface area contributed by atoms with Crippen LogP contribution in [-0.4, -0.2) is 86.9 Å². The highest BCUT2D eigenvalue weighted by molar-refractivity contribution is 6.05. The predicted molar refractivity (Wildman–Crippen MR) is 202 cm³/mol. The third-order valence-corrected chi connectivity index (χ3v) is 10.9. The molecule has 0 radical (unpaired) electrons. The molecule has 14 nitrogen and oxygen atoms in total. The first-order chi connectivity index (χ1) is 25.9. The number of nitrogens with zero attached hydrogens (tertiary/aromatic N) is 8. The fourth-order valence-electron chi connectivity index (χ4n) is 7.79. The number of nitrogens with one attached hydrogen (secondary N) is 3. The third kappa shape index (κ3) is 6.25. The summed E-state index contributed by atoms with van der Waals surface area (Å²) in [6.07, 6.45) is 10.6. The van der Waals surface area contributed by atoms with Crippen molar-refractivity contribution in [3.05, 3.63) is 71.8 Å². The Morgan fingerprint density at radius 1 is 0.906 bits per heavy atom. The number of aromatic nitrogens is 5. The van der Waals surface area contributed by atoms with E-state index in [0.717, 1.165) is 111 Å². The smallest absolute Gasteiger partial charge is 0.274 e. The Balaban J connectivity index is 1.01. The van der Waals surface area contributed by atoms with Gasteiger partial charge in [-0.2, -0.15) is 5.10 Å². The molecule has 5 aliphatic rings.